The third kappa shape index (κ3) is 7.11. The molecular weight excluding hydrogens is 316 g/mol. The molecule has 0 amide bonds. The van der Waals surface area contributed by atoms with Gasteiger partial charge in [0.25, 0.3) is 0 Å². The largest absolute Gasteiger partial charge is 0.255 e. The van der Waals surface area contributed by atoms with Crippen LogP contribution in [0.3, 0.4) is 0 Å². The summed E-state index contributed by atoms with van der Waals surface area (Å²) in [5, 5.41) is 0. The second kappa shape index (κ2) is 11.6. The smallest absolute Gasteiger partial charge is 0.0918 e. The van der Waals surface area contributed by atoms with E-state index in [1.54, 1.807) is 0 Å². The van der Waals surface area contributed by atoms with Crippen LogP contribution >= 0.6 is 0 Å². The number of rotatable bonds is 11. The van der Waals surface area contributed by atoms with Gasteiger partial charge in [0.1, 0.15) is 0 Å². The Morgan fingerprint density at radius 3 is 2.38 bits per heavy atom. The molecule has 0 fully saturated rings. The Morgan fingerprint density at radius 1 is 0.923 bits per heavy atom. The quantitative estimate of drug-likeness (QED) is 0.321. The van der Waals surface area contributed by atoms with Gasteiger partial charge in [0.15, 0.2) is 0 Å². The molecule has 140 valence electrons. The number of aryl methyl sites for hydroxylation is 1. The lowest BCUT2D eigenvalue weighted by Gasteiger charge is -2.14. The van der Waals surface area contributed by atoms with Crippen LogP contribution in [0.15, 0.2) is 54.4 Å². The van der Waals surface area contributed by atoms with Gasteiger partial charge in [-0.3, -0.25) is 9.97 Å². The number of aromatic nitrogens is 2. The fourth-order valence-corrected chi connectivity index (χ4v) is 3.53. The summed E-state index contributed by atoms with van der Waals surface area (Å²) in [4.78, 5) is 9.05. The SMILES string of the molecule is CCCCCC(C=C(C)C)CCCCc1cccnc1-c1ccccn1. The summed E-state index contributed by atoms with van der Waals surface area (Å²) in [7, 11) is 0. The van der Waals surface area contributed by atoms with Crippen LogP contribution < -0.4 is 0 Å². The van der Waals surface area contributed by atoms with E-state index in [9.17, 15) is 0 Å². The molecule has 2 rings (SSSR count). The zero-order chi connectivity index (χ0) is 18.6. The first-order chi connectivity index (χ1) is 12.7. The molecule has 2 aromatic heterocycles. The van der Waals surface area contributed by atoms with Gasteiger partial charge < -0.3 is 0 Å². The summed E-state index contributed by atoms with van der Waals surface area (Å²) >= 11 is 0. The molecule has 26 heavy (non-hydrogen) atoms. The molecule has 2 aromatic rings. The monoisotopic (exact) mass is 350 g/mol. The maximum atomic E-state index is 4.58. The van der Waals surface area contributed by atoms with Crippen molar-refractivity contribution in [3.63, 3.8) is 0 Å². The van der Waals surface area contributed by atoms with Gasteiger partial charge in [0.05, 0.1) is 11.4 Å². The molecule has 0 radical (unpaired) electrons. The summed E-state index contributed by atoms with van der Waals surface area (Å²) in [6.45, 7) is 6.73. The van der Waals surface area contributed by atoms with Gasteiger partial charge in [-0.25, -0.2) is 0 Å². The Bertz CT molecular complexity index is 657. The number of pyridine rings is 2. The van der Waals surface area contributed by atoms with Gasteiger partial charge in [-0.15, -0.1) is 0 Å². The van der Waals surface area contributed by atoms with E-state index in [0.29, 0.717) is 0 Å². The molecule has 0 bridgehead atoms. The minimum Gasteiger partial charge on any atom is -0.255 e. The fraction of sp³-hybridized carbons (Fsp3) is 0.500. The van der Waals surface area contributed by atoms with Gasteiger partial charge in [-0.05, 0) is 69.2 Å². The first kappa shape index (κ1) is 20.4. The number of hydrogen-bond donors (Lipinski definition) is 0. The third-order valence-electron chi connectivity index (χ3n) is 4.82. The van der Waals surface area contributed by atoms with E-state index in [-0.39, 0.29) is 0 Å². The zero-order valence-corrected chi connectivity index (χ0v) is 16.7. The van der Waals surface area contributed by atoms with E-state index in [1.165, 1.54) is 56.1 Å². The Kier molecular flexibility index (Phi) is 9.09. The molecule has 0 aliphatic heterocycles. The van der Waals surface area contributed by atoms with Crippen molar-refractivity contribution in [3.05, 3.63) is 59.9 Å². The van der Waals surface area contributed by atoms with Gasteiger partial charge in [-0.2, -0.15) is 0 Å². The van der Waals surface area contributed by atoms with Crippen molar-refractivity contribution in [2.45, 2.75) is 72.1 Å². The average molecular weight is 351 g/mol. The van der Waals surface area contributed by atoms with E-state index < -0.39 is 0 Å². The standard InChI is InChI=1S/C24H34N2/c1-4-5-6-12-21(19-20(2)3)13-7-8-14-22-15-11-18-26-24(22)23-16-9-10-17-25-23/h9-11,15-19,21H,4-8,12-14H2,1-3H3. The van der Waals surface area contributed by atoms with Crippen molar-refractivity contribution in [1.29, 1.82) is 0 Å². The van der Waals surface area contributed by atoms with E-state index in [1.807, 2.05) is 36.7 Å². The van der Waals surface area contributed by atoms with Crippen LogP contribution in [0.2, 0.25) is 0 Å². The number of hydrogen-bond acceptors (Lipinski definition) is 2. The van der Waals surface area contributed by atoms with Crippen LogP contribution in [0.4, 0.5) is 0 Å². The molecule has 2 nitrogen and oxygen atoms in total. The average Bonchev–Trinajstić information content (AvgIpc) is 2.66. The highest BCUT2D eigenvalue weighted by Crippen LogP contribution is 2.23. The molecule has 1 unspecified atom stereocenters. The first-order valence-electron chi connectivity index (χ1n) is 10.2. The molecule has 0 spiro atoms. The minimum atomic E-state index is 0.746. The molecule has 2 heteroatoms. The predicted molar refractivity (Wildman–Crippen MR) is 112 cm³/mol. The lowest BCUT2D eigenvalue weighted by Crippen LogP contribution is -2.00. The van der Waals surface area contributed by atoms with Crippen LogP contribution in [-0.4, -0.2) is 9.97 Å². The normalized spacial score (nSPS) is 12.0. The van der Waals surface area contributed by atoms with Crippen LogP contribution in [0.5, 0.6) is 0 Å². The summed E-state index contributed by atoms with van der Waals surface area (Å²) in [5.74, 6) is 0.746. The van der Waals surface area contributed by atoms with E-state index in [4.69, 9.17) is 0 Å². The van der Waals surface area contributed by atoms with Gasteiger partial charge >= 0.3 is 0 Å². The van der Waals surface area contributed by atoms with Crippen LogP contribution in [0.25, 0.3) is 11.4 Å². The van der Waals surface area contributed by atoms with Crippen LogP contribution in [-0.2, 0) is 6.42 Å². The number of unbranched alkanes of at least 4 members (excludes halogenated alkanes) is 3. The van der Waals surface area contributed by atoms with E-state index in [0.717, 1.165) is 23.7 Å². The van der Waals surface area contributed by atoms with Gasteiger partial charge in [0.2, 0.25) is 0 Å². The van der Waals surface area contributed by atoms with Crippen molar-refractivity contribution in [3.8, 4) is 11.4 Å². The highest BCUT2D eigenvalue weighted by molar-refractivity contribution is 5.58. The maximum absolute atomic E-state index is 4.58. The molecule has 0 N–H and O–H groups in total. The molecule has 0 saturated heterocycles. The molecule has 0 saturated carbocycles. The van der Waals surface area contributed by atoms with Crippen LogP contribution in [0, 0.1) is 5.92 Å². The summed E-state index contributed by atoms with van der Waals surface area (Å²) in [5.41, 5.74) is 4.79. The fourth-order valence-electron chi connectivity index (χ4n) is 3.53. The Hall–Kier alpha value is -1.96. The predicted octanol–water partition coefficient (Wildman–Crippen LogP) is 7.02. The van der Waals surface area contributed by atoms with Crippen molar-refractivity contribution < 1.29 is 0 Å². The molecule has 0 aliphatic rings. The topological polar surface area (TPSA) is 25.8 Å². The second-order valence-electron chi connectivity index (χ2n) is 7.47. The van der Waals surface area contributed by atoms with Crippen molar-refractivity contribution in [2.75, 3.05) is 0 Å². The molecular formula is C24H34N2. The molecule has 1 atom stereocenters. The first-order valence-corrected chi connectivity index (χ1v) is 10.2. The van der Waals surface area contributed by atoms with Crippen LogP contribution in [0.1, 0.15) is 71.3 Å². The maximum Gasteiger partial charge on any atom is 0.0918 e. The molecule has 0 aliphatic carbocycles. The summed E-state index contributed by atoms with van der Waals surface area (Å²) in [6, 6.07) is 10.3. The highest BCUT2D eigenvalue weighted by Gasteiger charge is 2.09. The van der Waals surface area contributed by atoms with E-state index >= 15 is 0 Å². The highest BCUT2D eigenvalue weighted by atomic mass is 14.8. The Balaban J connectivity index is 1.88. The zero-order valence-electron chi connectivity index (χ0n) is 16.7. The Labute approximate surface area is 159 Å². The van der Waals surface area contributed by atoms with Crippen molar-refractivity contribution in [2.24, 2.45) is 5.92 Å². The lowest BCUT2D eigenvalue weighted by atomic mass is 9.92. The molecule has 2 heterocycles. The summed E-state index contributed by atoms with van der Waals surface area (Å²) < 4.78 is 0. The van der Waals surface area contributed by atoms with E-state index in [2.05, 4.69) is 42.9 Å². The summed E-state index contributed by atoms with van der Waals surface area (Å²) in [6.07, 6.45) is 16.4. The van der Waals surface area contributed by atoms with Gasteiger partial charge in [0, 0.05) is 12.4 Å². The Morgan fingerprint density at radius 2 is 1.69 bits per heavy atom. The van der Waals surface area contributed by atoms with Crippen molar-refractivity contribution in [1.82, 2.24) is 9.97 Å². The second-order valence-corrected chi connectivity index (χ2v) is 7.47. The lowest BCUT2D eigenvalue weighted by molar-refractivity contribution is 0.481. The minimum absolute atomic E-state index is 0.746. The number of nitrogens with zero attached hydrogens (tertiary/aromatic N) is 2. The van der Waals surface area contributed by atoms with Gasteiger partial charge in [-0.1, -0.05) is 56.4 Å². The third-order valence-corrected chi connectivity index (χ3v) is 4.82. The molecule has 0 aromatic carbocycles. The number of allylic oxidation sites excluding steroid dienone is 2. The van der Waals surface area contributed by atoms with Crippen molar-refractivity contribution >= 4 is 0 Å².